The molecule has 1 aromatic carbocycles. The summed E-state index contributed by atoms with van der Waals surface area (Å²) in [4.78, 5) is 22.0. The summed E-state index contributed by atoms with van der Waals surface area (Å²) in [6.07, 6.45) is 0. The van der Waals surface area contributed by atoms with Gasteiger partial charge in [0.05, 0.1) is 6.61 Å². The van der Waals surface area contributed by atoms with E-state index in [2.05, 4.69) is 10.1 Å². The highest BCUT2D eigenvalue weighted by Gasteiger charge is 2.47. The molecule has 1 atom stereocenters. The van der Waals surface area contributed by atoms with Crippen molar-refractivity contribution in [1.82, 2.24) is 0 Å². The average molecular weight is 323 g/mol. The maximum Gasteiger partial charge on any atom is 0.379 e. The minimum absolute atomic E-state index is 0. The fourth-order valence-corrected chi connectivity index (χ4v) is 1.54. The van der Waals surface area contributed by atoms with E-state index in [0.717, 1.165) is 0 Å². The number of anilines is 1. The van der Waals surface area contributed by atoms with Crippen molar-refractivity contribution in [3.05, 3.63) is 29.8 Å². The van der Waals surface area contributed by atoms with Crippen LogP contribution in [0, 0.1) is 0 Å². The first kappa shape index (κ1) is 19.3. The van der Waals surface area contributed by atoms with Crippen molar-refractivity contribution >= 4 is 30.0 Å². The zero-order valence-electron chi connectivity index (χ0n) is 11.6. The van der Waals surface area contributed by atoms with Crippen molar-refractivity contribution in [1.29, 1.82) is 0 Å². The lowest BCUT2D eigenvalue weighted by molar-refractivity contribution is -0.174. The van der Waals surface area contributed by atoms with Gasteiger partial charge in [-0.05, 0) is 24.6 Å². The lowest BCUT2D eigenvalue weighted by atomic mass is 10.0. The Labute approximate surface area is 127 Å². The number of carbonyl (C=O) groups is 2. The number of nitrogens with one attached hydrogen (secondary N) is 1. The molecule has 0 spiro atoms. The van der Waals surface area contributed by atoms with Crippen LogP contribution in [0.2, 0.25) is 0 Å². The normalized spacial score (nSPS) is 12.0. The molecule has 1 aromatic rings. The van der Waals surface area contributed by atoms with E-state index < -0.39 is 17.9 Å². The molecule has 8 heteroatoms. The first-order valence-electron chi connectivity index (χ1n) is 5.97. The third-order valence-corrected chi connectivity index (χ3v) is 2.53. The summed E-state index contributed by atoms with van der Waals surface area (Å²) in [6.45, 7) is 2.61. The van der Waals surface area contributed by atoms with Crippen molar-refractivity contribution in [3.8, 4) is 0 Å². The fraction of sp³-hybridized carbons (Fsp3) is 0.385. The van der Waals surface area contributed by atoms with Crippen LogP contribution in [0.15, 0.2) is 24.3 Å². The van der Waals surface area contributed by atoms with Crippen LogP contribution in [0.5, 0.6) is 0 Å². The summed E-state index contributed by atoms with van der Waals surface area (Å²) in [5.41, 5.74) is 5.94. The monoisotopic (exact) mass is 322 g/mol. The molecule has 21 heavy (non-hydrogen) atoms. The second-order valence-electron chi connectivity index (χ2n) is 4.12. The van der Waals surface area contributed by atoms with Gasteiger partial charge in [-0.1, -0.05) is 12.1 Å². The number of alkyl halides is 2. The highest BCUT2D eigenvalue weighted by atomic mass is 35.5. The van der Waals surface area contributed by atoms with Crippen molar-refractivity contribution in [2.45, 2.75) is 25.8 Å². The van der Waals surface area contributed by atoms with E-state index in [4.69, 9.17) is 5.73 Å². The quantitative estimate of drug-likeness (QED) is 0.815. The Morgan fingerprint density at radius 2 is 1.86 bits per heavy atom. The van der Waals surface area contributed by atoms with Gasteiger partial charge in [0.1, 0.15) is 6.04 Å². The zero-order valence-corrected chi connectivity index (χ0v) is 12.4. The Morgan fingerprint density at radius 3 is 2.29 bits per heavy atom. The highest BCUT2D eigenvalue weighted by Crippen LogP contribution is 2.31. The minimum Gasteiger partial charge on any atom is -0.462 e. The van der Waals surface area contributed by atoms with Gasteiger partial charge in [-0.25, -0.2) is 4.79 Å². The SMILES string of the molecule is CCOC(=O)C(F)(F)[C@@H](N)c1ccc(NC(C)=O)cc1.Cl. The predicted octanol–water partition coefficient (Wildman–Crippen LogP) is 2.27. The first-order valence-corrected chi connectivity index (χ1v) is 5.97. The number of halogens is 3. The summed E-state index contributed by atoms with van der Waals surface area (Å²) in [5.74, 6) is -5.75. The molecule has 118 valence electrons. The Balaban J connectivity index is 0.00000400. The van der Waals surface area contributed by atoms with E-state index in [1.165, 1.54) is 38.1 Å². The van der Waals surface area contributed by atoms with E-state index in [1.54, 1.807) is 0 Å². The summed E-state index contributed by atoms with van der Waals surface area (Å²) >= 11 is 0. The summed E-state index contributed by atoms with van der Waals surface area (Å²) < 4.78 is 31.7. The van der Waals surface area contributed by atoms with Gasteiger partial charge in [0.25, 0.3) is 0 Å². The lowest BCUT2D eigenvalue weighted by Crippen LogP contribution is -2.41. The van der Waals surface area contributed by atoms with Crippen LogP contribution in [0.3, 0.4) is 0 Å². The molecule has 1 amide bonds. The van der Waals surface area contributed by atoms with Crippen molar-refractivity contribution < 1.29 is 23.1 Å². The molecule has 0 aromatic heterocycles. The molecule has 5 nitrogen and oxygen atoms in total. The lowest BCUT2D eigenvalue weighted by Gasteiger charge is -2.22. The third-order valence-electron chi connectivity index (χ3n) is 2.53. The molecule has 0 aliphatic carbocycles. The molecule has 0 bridgehead atoms. The molecule has 1 rings (SSSR count). The smallest absolute Gasteiger partial charge is 0.379 e. The van der Waals surface area contributed by atoms with E-state index >= 15 is 0 Å². The third kappa shape index (κ3) is 4.95. The van der Waals surface area contributed by atoms with Crippen molar-refractivity contribution in [3.63, 3.8) is 0 Å². The number of nitrogens with two attached hydrogens (primary N) is 1. The van der Waals surface area contributed by atoms with Gasteiger partial charge >= 0.3 is 11.9 Å². The van der Waals surface area contributed by atoms with Gasteiger partial charge in [-0.15, -0.1) is 12.4 Å². The second-order valence-corrected chi connectivity index (χ2v) is 4.12. The molecule has 0 aliphatic heterocycles. The summed E-state index contributed by atoms with van der Waals surface area (Å²) in [7, 11) is 0. The number of benzene rings is 1. The van der Waals surface area contributed by atoms with Crippen LogP contribution in [0.1, 0.15) is 25.5 Å². The van der Waals surface area contributed by atoms with Crippen LogP contribution in [-0.2, 0) is 14.3 Å². The Hall–Kier alpha value is -1.73. The van der Waals surface area contributed by atoms with Crippen molar-refractivity contribution in [2.24, 2.45) is 5.73 Å². The second kappa shape index (κ2) is 7.90. The van der Waals surface area contributed by atoms with Gasteiger partial charge in [0.15, 0.2) is 0 Å². The number of carbonyl (C=O) groups excluding carboxylic acids is 2. The maximum absolute atomic E-state index is 13.7. The maximum atomic E-state index is 13.7. The highest BCUT2D eigenvalue weighted by molar-refractivity contribution is 5.88. The molecule has 3 N–H and O–H groups in total. The van der Waals surface area contributed by atoms with Gasteiger partial charge in [-0.2, -0.15) is 8.78 Å². The molecule has 0 radical (unpaired) electrons. The molecular weight excluding hydrogens is 306 g/mol. The molecular formula is C13H17ClF2N2O3. The standard InChI is InChI=1S/C13H16F2N2O3.ClH/c1-3-20-12(19)13(14,15)11(16)9-4-6-10(7-5-9)17-8(2)18;/h4-7,11H,3,16H2,1-2H3,(H,17,18);1H/t11-;/m0./s1. The average Bonchev–Trinajstić information content (AvgIpc) is 2.38. The molecule has 0 aliphatic rings. The number of hydrogen-bond acceptors (Lipinski definition) is 4. The number of amides is 1. The van der Waals surface area contributed by atoms with E-state index in [-0.39, 0.29) is 30.5 Å². The predicted molar refractivity (Wildman–Crippen MR) is 76.5 cm³/mol. The van der Waals surface area contributed by atoms with Crippen molar-refractivity contribution in [2.75, 3.05) is 11.9 Å². The Bertz CT molecular complexity index is 495. The number of ether oxygens (including phenoxy) is 1. The topological polar surface area (TPSA) is 81.4 Å². The van der Waals surface area contributed by atoms with Gasteiger partial charge in [0.2, 0.25) is 5.91 Å². The number of hydrogen-bond donors (Lipinski definition) is 2. The first-order chi connectivity index (χ1) is 9.28. The van der Waals surface area contributed by atoms with E-state index in [0.29, 0.717) is 5.69 Å². The van der Waals surface area contributed by atoms with Gasteiger partial charge < -0.3 is 15.8 Å². The fourth-order valence-electron chi connectivity index (χ4n) is 1.54. The van der Waals surface area contributed by atoms with Gasteiger partial charge in [0, 0.05) is 12.6 Å². The van der Waals surface area contributed by atoms with Gasteiger partial charge in [-0.3, -0.25) is 4.79 Å². The molecule has 0 saturated carbocycles. The Kier molecular flexibility index (Phi) is 7.25. The molecule has 0 saturated heterocycles. The largest absolute Gasteiger partial charge is 0.462 e. The molecule has 0 unspecified atom stereocenters. The molecule has 0 heterocycles. The minimum atomic E-state index is -3.81. The number of rotatable bonds is 5. The summed E-state index contributed by atoms with van der Waals surface area (Å²) in [5, 5.41) is 2.49. The van der Waals surface area contributed by atoms with Crippen LogP contribution < -0.4 is 11.1 Å². The number of esters is 1. The zero-order chi connectivity index (χ0) is 15.3. The molecule has 0 fully saturated rings. The summed E-state index contributed by atoms with van der Waals surface area (Å²) in [6, 6.07) is 3.69. The Morgan fingerprint density at radius 1 is 1.33 bits per heavy atom. The van der Waals surface area contributed by atoms with Crippen LogP contribution in [0.4, 0.5) is 14.5 Å². The van der Waals surface area contributed by atoms with Crippen LogP contribution in [-0.4, -0.2) is 24.4 Å². The van der Waals surface area contributed by atoms with E-state index in [1.807, 2.05) is 0 Å². The van der Waals surface area contributed by atoms with Crippen LogP contribution >= 0.6 is 12.4 Å². The van der Waals surface area contributed by atoms with Crippen LogP contribution in [0.25, 0.3) is 0 Å². The van der Waals surface area contributed by atoms with E-state index in [9.17, 15) is 18.4 Å².